The molecule has 0 fully saturated rings. The topological polar surface area (TPSA) is 222 Å². The van der Waals surface area contributed by atoms with Crippen molar-refractivity contribution in [2.24, 2.45) is 17.6 Å². The van der Waals surface area contributed by atoms with Crippen molar-refractivity contribution in [2.45, 2.75) is 131 Å². The molecule has 8 rings (SSSR count). The summed E-state index contributed by atoms with van der Waals surface area (Å²) in [5, 5.41) is 19.1. The van der Waals surface area contributed by atoms with Gasteiger partial charge in [0.1, 0.15) is 29.0 Å². The van der Waals surface area contributed by atoms with E-state index in [9.17, 15) is 32.7 Å². The molecule has 2 aliphatic heterocycles. The van der Waals surface area contributed by atoms with Crippen molar-refractivity contribution < 1.29 is 51.7 Å². The summed E-state index contributed by atoms with van der Waals surface area (Å²) in [6.45, 7) is 19.5. The lowest BCUT2D eigenvalue weighted by molar-refractivity contribution is -0.151. The number of aromatic nitrogens is 5. The van der Waals surface area contributed by atoms with Gasteiger partial charge in [-0.2, -0.15) is 5.10 Å². The van der Waals surface area contributed by atoms with Gasteiger partial charge in [-0.1, -0.05) is 68.1 Å². The van der Waals surface area contributed by atoms with Gasteiger partial charge in [0.15, 0.2) is 22.2 Å². The van der Waals surface area contributed by atoms with E-state index in [1.807, 2.05) is 39.8 Å². The lowest BCUT2D eigenvalue weighted by Gasteiger charge is -2.19. The summed E-state index contributed by atoms with van der Waals surface area (Å²) in [5.41, 5.74) is 6.30. The van der Waals surface area contributed by atoms with Gasteiger partial charge >= 0.3 is 11.9 Å². The molecule has 0 saturated carbocycles. The minimum atomic E-state index is -3.52. The number of hydrogen-bond acceptors (Lipinski definition) is 15. The van der Waals surface area contributed by atoms with Crippen molar-refractivity contribution in [3.63, 3.8) is 0 Å². The van der Waals surface area contributed by atoms with Crippen LogP contribution in [0.5, 0.6) is 17.5 Å². The molecule has 3 aromatic carbocycles. The summed E-state index contributed by atoms with van der Waals surface area (Å²) in [6, 6.07) is 14.2. The SMILES string of the molecule is CCCCCC(C)OC(=O)COc1ccc(Cl)c2cccnc12.CCc1cc(C)cc(CC)c1-c1c(OC(=O)C(C)(C)C)n2n(c1=O)CCOCC2.Cc1c(C(=O)c2cnn(C)c2O)ccc(S(C)(=O)=O)c1C1=NOCC1. The van der Waals surface area contributed by atoms with E-state index in [0.29, 0.717) is 83.9 Å². The number of halogens is 1. The van der Waals surface area contributed by atoms with Crippen molar-refractivity contribution in [2.75, 3.05) is 32.7 Å². The van der Waals surface area contributed by atoms with Gasteiger partial charge in [-0.05, 0) is 126 Å². The third-order valence-corrected chi connectivity index (χ3v) is 14.5. The molecule has 0 saturated heterocycles. The average Bonchev–Trinajstić information content (AvgIpc) is 4.09. The summed E-state index contributed by atoms with van der Waals surface area (Å²) in [5.74, 6) is -0.543. The Morgan fingerprint density at radius 3 is 2.19 bits per heavy atom. The number of aromatic hydroxyl groups is 1. The molecule has 2 aliphatic rings. The zero-order valence-electron chi connectivity index (χ0n) is 46.0. The van der Waals surface area contributed by atoms with Crippen LogP contribution in [0.25, 0.3) is 22.0 Å². The number of benzene rings is 3. The fourth-order valence-electron chi connectivity index (χ4n) is 8.98. The number of nitrogens with zero attached hydrogens (tertiary/aromatic N) is 6. The molecule has 0 radical (unpaired) electrons. The van der Waals surface area contributed by atoms with Crippen LogP contribution in [0.2, 0.25) is 5.02 Å². The van der Waals surface area contributed by atoms with Crippen molar-refractivity contribution in [1.82, 2.24) is 24.1 Å². The highest BCUT2D eigenvalue weighted by Crippen LogP contribution is 2.37. The van der Waals surface area contributed by atoms with Crippen LogP contribution in [0.15, 0.2) is 75.8 Å². The minimum Gasteiger partial charge on any atom is -0.493 e. The Morgan fingerprint density at radius 2 is 1.60 bits per heavy atom. The first-order chi connectivity index (χ1) is 36.5. The van der Waals surface area contributed by atoms with Crippen molar-refractivity contribution in [3.05, 3.63) is 115 Å². The van der Waals surface area contributed by atoms with Crippen LogP contribution in [0, 0.1) is 19.3 Å². The molecular formula is C57H71ClN6O12S. The molecule has 6 aromatic rings. The largest absolute Gasteiger partial charge is 0.493 e. The molecule has 1 atom stereocenters. The van der Waals surface area contributed by atoms with Gasteiger partial charge in [0.25, 0.3) is 5.56 Å². The molecule has 0 amide bonds. The summed E-state index contributed by atoms with van der Waals surface area (Å²) in [6.07, 6.45) is 10.3. The Bertz CT molecular complexity index is 3310. The maximum absolute atomic E-state index is 13.5. The molecule has 0 aliphatic carbocycles. The normalized spacial score (nSPS) is 13.7. The molecule has 1 N–H and O–H groups in total. The highest BCUT2D eigenvalue weighted by atomic mass is 35.5. The first-order valence-corrected chi connectivity index (χ1v) is 28.2. The summed E-state index contributed by atoms with van der Waals surface area (Å²) >= 11 is 6.13. The van der Waals surface area contributed by atoms with Crippen LogP contribution in [0.3, 0.4) is 0 Å². The van der Waals surface area contributed by atoms with E-state index in [1.165, 1.54) is 35.6 Å². The first kappa shape index (κ1) is 59.4. The van der Waals surface area contributed by atoms with Crippen molar-refractivity contribution in [3.8, 4) is 28.6 Å². The number of sulfone groups is 1. The van der Waals surface area contributed by atoms with Crippen LogP contribution in [-0.4, -0.2) is 99.9 Å². The van der Waals surface area contributed by atoms with Gasteiger partial charge in [0.05, 0.1) is 59.6 Å². The van der Waals surface area contributed by atoms with Gasteiger partial charge in [-0.15, -0.1) is 0 Å². The highest BCUT2D eigenvalue weighted by molar-refractivity contribution is 7.90. The Kier molecular flexibility index (Phi) is 20.1. The molecule has 0 spiro atoms. The molecule has 77 heavy (non-hydrogen) atoms. The Morgan fingerprint density at radius 1 is 0.909 bits per heavy atom. The van der Waals surface area contributed by atoms with Gasteiger partial charge in [0, 0.05) is 42.4 Å². The fourth-order valence-corrected chi connectivity index (χ4v) is 10.2. The zero-order chi connectivity index (χ0) is 56.4. The van der Waals surface area contributed by atoms with E-state index in [-0.39, 0.29) is 52.1 Å². The lowest BCUT2D eigenvalue weighted by atomic mass is 9.91. The molecule has 5 heterocycles. The fraction of sp³-hybridized carbons (Fsp3) is 0.456. The van der Waals surface area contributed by atoms with E-state index < -0.39 is 21.0 Å². The number of ketones is 1. The number of pyridine rings is 1. The van der Waals surface area contributed by atoms with E-state index in [2.05, 4.69) is 55.1 Å². The van der Waals surface area contributed by atoms with E-state index in [1.54, 1.807) is 34.6 Å². The second-order valence-electron chi connectivity index (χ2n) is 20.0. The summed E-state index contributed by atoms with van der Waals surface area (Å²) in [4.78, 5) is 60.3. The number of carbonyl (C=O) groups is 3. The molecule has 3 aromatic heterocycles. The lowest BCUT2D eigenvalue weighted by Crippen LogP contribution is -2.27. The number of unbranched alkanes of at least 4 members (excludes halogenated alkanes) is 2. The molecule has 414 valence electrons. The molecular weight excluding hydrogens is 1030 g/mol. The minimum absolute atomic E-state index is 0.0493. The summed E-state index contributed by atoms with van der Waals surface area (Å²) < 4.78 is 51.3. The van der Waals surface area contributed by atoms with E-state index in [4.69, 9.17) is 35.4 Å². The number of oxime groups is 1. The monoisotopic (exact) mass is 1100 g/mol. The van der Waals surface area contributed by atoms with Gasteiger partial charge in [0.2, 0.25) is 11.8 Å². The third-order valence-electron chi connectivity index (χ3n) is 13.0. The predicted molar refractivity (Wildman–Crippen MR) is 295 cm³/mol. The number of ether oxygens (including phenoxy) is 4. The second kappa shape index (κ2) is 26.0. The quantitative estimate of drug-likeness (QED) is 0.0542. The Balaban J connectivity index is 0.000000189. The van der Waals surface area contributed by atoms with Crippen molar-refractivity contribution >= 4 is 55.8 Å². The average molecular weight is 1100 g/mol. The van der Waals surface area contributed by atoms with Crippen LogP contribution < -0.4 is 15.0 Å². The smallest absolute Gasteiger partial charge is 0.344 e. The number of esters is 2. The van der Waals surface area contributed by atoms with Crippen molar-refractivity contribution in [1.29, 1.82) is 0 Å². The third kappa shape index (κ3) is 14.2. The zero-order valence-corrected chi connectivity index (χ0v) is 47.5. The van der Waals surface area contributed by atoms with E-state index in [0.717, 1.165) is 66.9 Å². The molecule has 20 heteroatoms. The van der Waals surface area contributed by atoms with E-state index >= 15 is 0 Å². The maximum atomic E-state index is 13.5. The Labute approximate surface area is 455 Å². The van der Waals surface area contributed by atoms with Gasteiger partial charge in [-0.3, -0.25) is 19.4 Å². The molecule has 1 unspecified atom stereocenters. The molecule has 18 nitrogen and oxygen atoms in total. The predicted octanol–water partition coefficient (Wildman–Crippen LogP) is 9.70. The number of aryl methyl sites for hydroxylation is 4. The standard InChI is InChI=1S/C23H32N2O4.C18H22ClNO3.C16H17N3O5S/c1-7-16-13-15(3)14-17(8-2)18(16)19-20(26)24-9-11-28-12-10-25(24)21(19)29-22(27)23(4,5)6;1-3-4-5-7-13(2)23-17(21)12-22-16-10-9-15(19)14-8-6-11-20-18(14)16;1-9-10(15(20)11-8-17-19(2)16(11)21)4-5-13(25(3,22)23)14(9)12-6-7-24-18-12/h13-14H,7-12H2,1-6H3;6,8-11,13H,3-5,7,12H2,1-2H3;4-5,8,21H,6-7H2,1-3H3. The number of carbonyl (C=O) groups excluding carboxylic acids is 3. The first-order valence-electron chi connectivity index (χ1n) is 25.9. The van der Waals surface area contributed by atoms with Gasteiger partial charge < -0.3 is 28.9 Å². The number of hydrogen-bond donors (Lipinski definition) is 1. The van der Waals surface area contributed by atoms with Crippen LogP contribution in [-0.2, 0) is 66.7 Å². The van der Waals surface area contributed by atoms with Crippen LogP contribution in [0.4, 0.5) is 0 Å². The molecule has 0 bridgehead atoms. The Hall–Kier alpha value is -6.83. The number of rotatable bonds is 16. The maximum Gasteiger partial charge on any atom is 0.344 e. The highest BCUT2D eigenvalue weighted by Gasteiger charge is 2.33. The summed E-state index contributed by atoms with van der Waals surface area (Å²) in [7, 11) is -2.00. The van der Waals surface area contributed by atoms with Crippen LogP contribution >= 0.6 is 11.6 Å². The second-order valence-corrected chi connectivity index (χ2v) is 22.4. The van der Waals surface area contributed by atoms with Crippen LogP contribution in [0.1, 0.15) is 124 Å². The van der Waals surface area contributed by atoms with Gasteiger partial charge in [-0.25, -0.2) is 27.3 Å². The number of fused-ring (bicyclic) bond motifs is 2.